The Morgan fingerprint density at radius 1 is 1.24 bits per heavy atom. The third-order valence-corrected chi connectivity index (χ3v) is 4.66. The molecule has 1 aromatic rings. The number of ether oxygens (including phenoxy) is 1. The van der Waals surface area contributed by atoms with E-state index in [1.165, 1.54) is 36.8 Å². The second-order valence-electron chi connectivity index (χ2n) is 6.56. The van der Waals surface area contributed by atoms with Crippen molar-refractivity contribution in [3.63, 3.8) is 0 Å². The third-order valence-electron chi connectivity index (χ3n) is 4.66. The van der Waals surface area contributed by atoms with E-state index in [-0.39, 0.29) is 0 Å². The summed E-state index contributed by atoms with van der Waals surface area (Å²) in [4.78, 5) is 2.37. The average molecular weight is 285 g/mol. The van der Waals surface area contributed by atoms with Crippen molar-refractivity contribution in [3.8, 4) is 5.75 Å². The molecule has 3 rings (SSSR count). The molecule has 0 aromatic heterocycles. The molecule has 1 fully saturated rings. The minimum absolute atomic E-state index is 0.843. The second-order valence-corrected chi connectivity index (χ2v) is 6.56. The molecule has 1 aromatic carbocycles. The van der Waals surface area contributed by atoms with Gasteiger partial charge in [-0.1, -0.05) is 37.1 Å². The van der Waals surface area contributed by atoms with Crippen LogP contribution in [0.15, 0.2) is 30.4 Å². The highest BCUT2D eigenvalue weighted by Crippen LogP contribution is 2.27. The zero-order valence-electron chi connectivity index (χ0n) is 13.2. The van der Waals surface area contributed by atoms with Crippen LogP contribution in [0.1, 0.15) is 43.2 Å². The molecule has 21 heavy (non-hydrogen) atoms. The van der Waals surface area contributed by atoms with E-state index >= 15 is 0 Å². The third kappa shape index (κ3) is 4.10. The molecule has 114 valence electrons. The maximum absolute atomic E-state index is 5.76. The molecule has 2 heteroatoms. The lowest BCUT2D eigenvalue weighted by Crippen LogP contribution is -2.18. The molecule has 2 aliphatic rings. The Balaban J connectivity index is 1.51. The van der Waals surface area contributed by atoms with E-state index in [0.29, 0.717) is 0 Å². The summed E-state index contributed by atoms with van der Waals surface area (Å²) in [5.41, 5.74) is 2.72. The number of fused-ring (bicyclic) bond motifs is 1. The molecule has 0 atom stereocenters. The molecule has 0 unspecified atom stereocenters. The topological polar surface area (TPSA) is 12.5 Å². The summed E-state index contributed by atoms with van der Waals surface area (Å²) >= 11 is 0. The highest BCUT2D eigenvalue weighted by molar-refractivity contribution is 5.38. The lowest BCUT2D eigenvalue weighted by atomic mass is 10.0. The van der Waals surface area contributed by atoms with Crippen LogP contribution in [0.3, 0.4) is 0 Å². The van der Waals surface area contributed by atoms with E-state index in [0.717, 1.165) is 44.2 Å². The zero-order valence-corrected chi connectivity index (χ0v) is 13.2. The van der Waals surface area contributed by atoms with Crippen LogP contribution in [0.4, 0.5) is 0 Å². The lowest BCUT2D eigenvalue weighted by Gasteiger charge is -2.20. The summed E-state index contributed by atoms with van der Waals surface area (Å²) in [7, 11) is 2.19. The number of benzene rings is 1. The van der Waals surface area contributed by atoms with Crippen LogP contribution < -0.4 is 4.74 Å². The monoisotopic (exact) mass is 285 g/mol. The highest BCUT2D eigenvalue weighted by Gasteiger charge is 2.12. The first-order valence-electron chi connectivity index (χ1n) is 8.41. The summed E-state index contributed by atoms with van der Waals surface area (Å²) < 4.78 is 5.76. The Bertz CT molecular complexity index is 488. The van der Waals surface area contributed by atoms with Crippen LogP contribution in [0.2, 0.25) is 0 Å². The minimum atomic E-state index is 0.843. The van der Waals surface area contributed by atoms with Gasteiger partial charge in [-0.25, -0.2) is 0 Å². The van der Waals surface area contributed by atoms with Crippen molar-refractivity contribution in [1.82, 2.24) is 4.90 Å². The van der Waals surface area contributed by atoms with Gasteiger partial charge in [-0.15, -0.1) is 0 Å². The van der Waals surface area contributed by atoms with Crippen molar-refractivity contribution in [2.24, 2.45) is 5.92 Å². The molecule has 0 saturated heterocycles. The lowest BCUT2D eigenvalue weighted by molar-refractivity contribution is 0.287. The Morgan fingerprint density at radius 3 is 2.95 bits per heavy atom. The van der Waals surface area contributed by atoms with Crippen LogP contribution in [0.5, 0.6) is 5.75 Å². The van der Waals surface area contributed by atoms with Gasteiger partial charge in [-0.05, 0) is 55.8 Å². The van der Waals surface area contributed by atoms with Crippen LogP contribution in [-0.4, -0.2) is 25.1 Å². The number of likely N-dealkylation sites (N-methyl/N-ethyl adjacent to an activating group) is 1. The van der Waals surface area contributed by atoms with E-state index in [2.05, 4.69) is 42.3 Å². The molecule has 0 radical (unpaired) electrons. The Hall–Kier alpha value is -1.28. The van der Waals surface area contributed by atoms with Crippen molar-refractivity contribution in [2.75, 3.05) is 20.2 Å². The van der Waals surface area contributed by atoms with Gasteiger partial charge in [0.1, 0.15) is 5.75 Å². The number of rotatable bonds is 5. The molecule has 0 bridgehead atoms. The molecule has 0 N–H and O–H groups in total. The quantitative estimate of drug-likeness (QED) is 0.752. The van der Waals surface area contributed by atoms with E-state index in [1.54, 1.807) is 0 Å². The fourth-order valence-corrected chi connectivity index (χ4v) is 3.44. The Morgan fingerprint density at radius 2 is 2.10 bits per heavy atom. The predicted octanol–water partition coefficient (Wildman–Crippen LogP) is 4.19. The van der Waals surface area contributed by atoms with Crippen LogP contribution in [0, 0.1) is 5.92 Å². The summed E-state index contributed by atoms with van der Waals surface area (Å²) in [6.45, 7) is 2.90. The predicted molar refractivity (Wildman–Crippen MR) is 87.7 cm³/mol. The molecule has 1 heterocycles. The Labute approximate surface area is 128 Å². The van der Waals surface area contributed by atoms with E-state index in [1.807, 2.05) is 0 Å². The molecular formula is C19H27NO. The van der Waals surface area contributed by atoms with Crippen LogP contribution in [0.25, 0.3) is 0 Å². The summed E-state index contributed by atoms with van der Waals surface area (Å²) in [6.07, 6.45) is 12.7. The van der Waals surface area contributed by atoms with Gasteiger partial charge in [0.2, 0.25) is 0 Å². The first-order chi connectivity index (χ1) is 10.3. The van der Waals surface area contributed by atoms with Gasteiger partial charge in [0.05, 0.1) is 6.61 Å². The fourth-order valence-electron chi connectivity index (χ4n) is 3.44. The normalized spacial score (nSPS) is 19.1. The average Bonchev–Trinajstić information content (AvgIpc) is 3.00. The van der Waals surface area contributed by atoms with E-state index in [9.17, 15) is 0 Å². The first kappa shape index (κ1) is 14.6. The number of hydrogen-bond acceptors (Lipinski definition) is 2. The maximum atomic E-state index is 5.76. The second kappa shape index (κ2) is 7.13. The molecule has 1 aliphatic heterocycles. The summed E-state index contributed by atoms with van der Waals surface area (Å²) in [5, 5.41) is 0. The molecule has 2 nitrogen and oxygen atoms in total. The van der Waals surface area contributed by atoms with Crippen molar-refractivity contribution >= 4 is 0 Å². The van der Waals surface area contributed by atoms with Crippen molar-refractivity contribution < 1.29 is 4.74 Å². The number of hydrogen-bond donors (Lipinski definition) is 0. The zero-order chi connectivity index (χ0) is 14.5. The number of aryl methyl sites for hydroxylation is 1. The van der Waals surface area contributed by atoms with E-state index in [4.69, 9.17) is 4.74 Å². The number of allylic oxidation sites excluding steroid dienone is 1. The minimum Gasteiger partial charge on any atom is -0.493 e. The standard InChI is InChI=1S/C19H27NO/c1-20(12-4-8-16-6-2-3-7-16)15-17-10-11-18-9-5-13-21-19(18)14-17/h4,8,10-11,14,16H,2-3,5-7,9,12-13,15H2,1H3/b8-4+. The summed E-state index contributed by atoms with van der Waals surface area (Å²) in [5.74, 6) is 1.95. The smallest absolute Gasteiger partial charge is 0.122 e. The van der Waals surface area contributed by atoms with Crippen molar-refractivity contribution in [1.29, 1.82) is 0 Å². The van der Waals surface area contributed by atoms with Crippen molar-refractivity contribution in [2.45, 2.75) is 45.1 Å². The van der Waals surface area contributed by atoms with Gasteiger partial charge in [0.25, 0.3) is 0 Å². The van der Waals surface area contributed by atoms with Gasteiger partial charge < -0.3 is 4.74 Å². The van der Waals surface area contributed by atoms with Crippen LogP contribution in [-0.2, 0) is 13.0 Å². The molecular weight excluding hydrogens is 258 g/mol. The Kier molecular flexibility index (Phi) is 4.97. The summed E-state index contributed by atoms with van der Waals surface area (Å²) in [6, 6.07) is 6.72. The van der Waals surface area contributed by atoms with Gasteiger partial charge in [0.15, 0.2) is 0 Å². The largest absolute Gasteiger partial charge is 0.493 e. The first-order valence-corrected chi connectivity index (χ1v) is 8.41. The van der Waals surface area contributed by atoms with E-state index < -0.39 is 0 Å². The molecule has 0 amide bonds. The van der Waals surface area contributed by atoms with Gasteiger partial charge in [0, 0.05) is 13.1 Å². The maximum Gasteiger partial charge on any atom is 0.122 e. The fraction of sp³-hybridized carbons (Fsp3) is 0.579. The molecule has 1 saturated carbocycles. The number of nitrogens with zero attached hydrogens (tertiary/aromatic N) is 1. The highest BCUT2D eigenvalue weighted by atomic mass is 16.5. The molecule has 1 aliphatic carbocycles. The van der Waals surface area contributed by atoms with Crippen LogP contribution >= 0.6 is 0 Å². The SMILES string of the molecule is CN(C/C=C/C1CCCC1)Cc1ccc2c(c1)OCCC2. The molecule has 0 spiro atoms. The van der Waals surface area contributed by atoms with Gasteiger partial charge in [-0.2, -0.15) is 0 Å². The van der Waals surface area contributed by atoms with Crippen molar-refractivity contribution in [3.05, 3.63) is 41.5 Å². The van der Waals surface area contributed by atoms with Gasteiger partial charge in [-0.3, -0.25) is 4.90 Å². The van der Waals surface area contributed by atoms with Gasteiger partial charge >= 0.3 is 0 Å².